The van der Waals surface area contributed by atoms with Crippen molar-refractivity contribution in [1.29, 1.82) is 0 Å². The molecule has 1 heteroatoms. The van der Waals surface area contributed by atoms with Gasteiger partial charge in [0.2, 0.25) is 0 Å². The maximum absolute atomic E-state index is 6.17. The normalized spacial score (nSPS) is 21.9. The Morgan fingerprint density at radius 2 is 2.07 bits per heavy atom. The lowest BCUT2D eigenvalue weighted by molar-refractivity contribution is 0.751. The van der Waals surface area contributed by atoms with Crippen LogP contribution in [0.2, 0.25) is 0 Å². The third-order valence-electron chi connectivity index (χ3n) is 2.80. The third-order valence-corrected chi connectivity index (χ3v) is 3.18. The monoisotopic (exact) mass is 206 g/mol. The Hall–Kier alpha value is -0.750. The number of rotatable bonds is 1. The van der Waals surface area contributed by atoms with Crippen molar-refractivity contribution in [2.45, 2.75) is 31.6 Å². The first-order valence-corrected chi connectivity index (χ1v) is 5.60. The quantitative estimate of drug-likeness (QED) is 0.605. The van der Waals surface area contributed by atoms with Crippen LogP contribution in [0.5, 0.6) is 0 Å². The molecule has 0 aromatic heterocycles. The van der Waals surface area contributed by atoms with E-state index in [0.717, 1.165) is 19.3 Å². The van der Waals surface area contributed by atoms with Crippen LogP contribution in [0.4, 0.5) is 0 Å². The molecule has 1 aliphatic carbocycles. The molecule has 1 aromatic rings. The summed E-state index contributed by atoms with van der Waals surface area (Å²) in [6.45, 7) is 2.16. The molecule has 1 atom stereocenters. The zero-order valence-corrected chi connectivity index (χ0v) is 9.22. The van der Waals surface area contributed by atoms with Crippen LogP contribution in [0, 0.1) is 6.92 Å². The minimum atomic E-state index is 0.328. The molecule has 0 amide bonds. The molecule has 0 radical (unpaired) electrons. The first kappa shape index (κ1) is 9.79. The summed E-state index contributed by atoms with van der Waals surface area (Å²) in [4.78, 5) is 0. The van der Waals surface area contributed by atoms with Gasteiger partial charge >= 0.3 is 0 Å². The Balaban J connectivity index is 2.31. The zero-order chi connectivity index (χ0) is 9.97. The highest BCUT2D eigenvalue weighted by atomic mass is 35.5. The molecular weight excluding hydrogens is 192 g/mol. The van der Waals surface area contributed by atoms with Gasteiger partial charge in [0, 0.05) is 5.38 Å². The van der Waals surface area contributed by atoms with E-state index < -0.39 is 0 Å². The second-order valence-electron chi connectivity index (χ2n) is 3.92. The summed E-state index contributed by atoms with van der Waals surface area (Å²) in [5, 5.41) is 0.328. The summed E-state index contributed by atoms with van der Waals surface area (Å²) in [6, 6.07) is 8.53. The van der Waals surface area contributed by atoms with E-state index in [2.05, 4.69) is 37.3 Å². The third kappa shape index (κ3) is 2.01. The van der Waals surface area contributed by atoms with Crippen molar-refractivity contribution in [2.75, 3.05) is 0 Å². The fourth-order valence-corrected chi connectivity index (χ4v) is 2.31. The highest BCUT2D eigenvalue weighted by Crippen LogP contribution is 2.31. The van der Waals surface area contributed by atoms with Crippen LogP contribution in [0.3, 0.4) is 0 Å². The number of alkyl halides is 1. The Morgan fingerprint density at radius 1 is 1.29 bits per heavy atom. The number of benzene rings is 1. The van der Waals surface area contributed by atoms with E-state index in [9.17, 15) is 0 Å². The van der Waals surface area contributed by atoms with Crippen molar-refractivity contribution in [3.05, 3.63) is 41.5 Å². The van der Waals surface area contributed by atoms with Crippen molar-refractivity contribution in [2.24, 2.45) is 0 Å². The maximum Gasteiger partial charge on any atom is 0.0379 e. The molecule has 0 spiro atoms. The molecule has 0 saturated heterocycles. The van der Waals surface area contributed by atoms with Gasteiger partial charge in [0.05, 0.1) is 0 Å². The van der Waals surface area contributed by atoms with Gasteiger partial charge in [-0.15, -0.1) is 11.6 Å². The Labute approximate surface area is 90.6 Å². The number of aryl methyl sites for hydroxylation is 1. The first-order chi connectivity index (χ1) is 6.77. The molecule has 0 N–H and O–H groups in total. The lowest BCUT2D eigenvalue weighted by Crippen LogP contribution is -2.05. The standard InChI is InChI=1S/C13H15Cl/c1-10-5-2-3-8-13(10)11-6-4-7-12(14)9-11/h2-3,5-6,8,12H,4,7,9H2,1H3. The van der Waals surface area contributed by atoms with E-state index in [0.29, 0.717) is 5.38 Å². The summed E-state index contributed by atoms with van der Waals surface area (Å²) in [7, 11) is 0. The second kappa shape index (κ2) is 4.18. The molecule has 14 heavy (non-hydrogen) atoms. The molecule has 0 nitrogen and oxygen atoms in total. The molecule has 2 rings (SSSR count). The van der Waals surface area contributed by atoms with Gasteiger partial charge in [-0.25, -0.2) is 0 Å². The number of halogens is 1. The predicted molar refractivity (Wildman–Crippen MR) is 62.6 cm³/mol. The van der Waals surface area contributed by atoms with E-state index in [1.807, 2.05) is 0 Å². The average molecular weight is 207 g/mol. The van der Waals surface area contributed by atoms with Gasteiger partial charge in [-0.05, 0) is 42.9 Å². The molecular formula is C13H15Cl. The van der Waals surface area contributed by atoms with Gasteiger partial charge < -0.3 is 0 Å². The SMILES string of the molecule is Cc1ccccc1C1=CCCC(Cl)C1. The van der Waals surface area contributed by atoms with E-state index in [1.165, 1.54) is 16.7 Å². The Bertz CT molecular complexity index is 352. The van der Waals surface area contributed by atoms with Crippen LogP contribution in [0.15, 0.2) is 30.3 Å². The summed E-state index contributed by atoms with van der Waals surface area (Å²) in [5.74, 6) is 0. The molecule has 1 unspecified atom stereocenters. The number of hydrogen-bond donors (Lipinski definition) is 0. The van der Waals surface area contributed by atoms with Crippen LogP contribution >= 0.6 is 11.6 Å². The number of allylic oxidation sites excluding steroid dienone is 2. The molecule has 0 aliphatic heterocycles. The van der Waals surface area contributed by atoms with E-state index in [-0.39, 0.29) is 0 Å². The minimum absolute atomic E-state index is 0.328. The second-order valence-corrected chi connectivity index (χ2v) is 4.54. The maximum atomic E-state index is 6.17. The fourth-order valence-electron chi connectivity index (χ4n) is 2.02. The average Bonchev–Trinajstić information content (AvgIpc) is 2.18. The van der Waals surface area contributed by atoms with Crippen molar-refractivity contribution in [3.8, 4) is 0 Å². The van der Waals surface area contributed by atoms with Gasteiger partial charge in [0.25, 0.3) is 0 Å². The Morgan fingerprint density at radius 3 is 2.79 bits per heavy atom. The lowest BCUT2D eigenvalue weighted by Gasteiger charge is -2.19. The molecule has 0 bridgehead atoms. The first-order valence-electron chi connectivity index (χ1n) is 5.16. The van der Waals surface area contributed by atoms with Gasteiger partial charge in [-0.1, -0.05) is 30.3 Å². The van der Waals surface area contributed by atoms with Gasteiger partial charge in [0.15, 0.2) is 0 Å². The van der Waals surface area contributed by atoms with Crippen LogP contribution in [-0.2, 0) is 0 Å². The summed E-state index contributed by atoms with van der Waals surface area (Å²) >= 11 is 6.17. The van der Waals surface area contributed by atoms with Crippen LogP contribution in [0.1, 0.15) is 30.4 Å². The van der Waals surface area contributed by atoms with Gasteiger partial charge in [-0.2, -0.15) is 0 Å². The lowest BCUT2D eigenvalue weighted by atomic mass is 9.91. The topological polar surface area (TPSA) is 0 Å². The molecule has 1 aromatic carbocycles. The largest absolute Gasteiger partial charge is 0.123 e. The highest BCUT2D eigenvalue weighted by molar-refractivity contribution is 6.21. The molecule has 0 saturated carbocycles. The molecule has 1 aliphatic rings. The van der Waals surface area contributed by atoms with E-state index in [4.69, 9.17) is 11.6 Å². The highest BCUT2D eigenvalue weighted by Gasteiger charge is 2.14. The van der Waals surface area contributed by atoms with E-state index >= 15 is 0 Å². The predicted octanol–water partition coefficient (Wildman–Crippen LogP) is 4.17. The van der Waals surface area contributed by atoms with Crippen molar-refractivity contribution in [1.82, 2.24) is 0 Å². The number of hydrogen-bond acceptors (Lipinski definition) is 0. The molecule has 0 fully saturated rings. The molecule has 0 heterocycles. The van der Waals surface area contributed by atoms with Crippen molar-refractivity contribution < 1.29 is 0 Å². The summed E-state index contributed by atoms with van der Waals surface area (Å²) < 4.78 is 0. The van der Waals surface area contributed by atoms with Crippen LogP contribution in [-0.4, -0.2) is 5.38 Å². The summed E-state index contributed by atoms with van der Waals surface area (Å²) in [6.07, 6.45) is 5.60. The van der Waals surface area contributed by atoms with Crippen molar-refractivity contribution in [3.63, 3.8) is 0 Å². The molecule has 74 valence electrons. The van der Waals surface area contributed by atoms with Crippen LogP contribution in [0.25, 0.3) is 5.57 Å². The van der Waals surface area contributed by atoms with Gasteiger partial charge in [-0.3, -0.25) is 0 Å². The minimum Gasteiger partial charge on any atom is -0.123 e. The zero-order valence-electron chi connectivity index (χ0n) is 8.46. The Kier molecular flexibility index (Phi) is 2.93. The summed E-state index contributed by atoms with van der Waals surface area (Å²) in [5.41, 5.74) is 4.15. The smallest absolute Gasteiger partial charge is 0.0379 e. The van der Waals surface area contributed by atoms with Crippen molar-refractivity contribution >= 4 is 17.2 Å². The fraction of sp³-hybridized carbons (Fsp3) is 0.385. The van der Waals surface area contributed by atoms with E-state index in [1.54, 1.807) is 0 Å². The van der Waals surface area contributed by atoms with Gasteiger partial charge in [0.1, 0.15) is 0 Å². The van der Waals surface area contributed by atoms with Crippen LogP contribution < -0.4 is 0 Å².